The topological polar surface area (TPSA) is 89.4 Å². The van der Waals surface area contributed by atoms with Gasteiger partial charge in [-0.2, -0.15) is 13.9 Å². The molecule has 1 aromatic carbocycles. The first-order valence-corrected chi connectivity index (χ1v) is 17.0. The third-order valence-electron chi connectivity index (χ3n) is 9.79. The minimum Gasteiger partial charge on any atom is -0.346 e. The number of nitrogens with zero attached hydrogens (tertiary/aromatic N) is 5. The van der Waals surface area contributed by atoms with Crippen molar-refractivity contribution in [2.24, 2.45) is 0 Å². The van der Waals surface area contributed by atoms with Gasteiger partial charge in [0.2, 0.25) is 0 Å². The Morgan fingerprint density at radius 2 is 1.65 bits per heavy atom. The first-order chi connectivity index (χ1) is 25.8. The molecule has 2 aliphatic rings. The number of carbonyl (C=O) groups is 1. The fourth-order valence-corrected chi connectivity index (χ4v) is 7.36. The summed E-state index contributed by atoms with van der Waals surface area (Å²) >= 11 is 0. The number of aromatic amines is 1. The van der Waals surface area contributed by atoms with Gasteiger partial charge in [-0.25, -0.2) is 31.3 Å². The molecule has 0 unspecified atom stereocenters. The molecule has 0 amide bonds. The van der Waals surface area contributed by atoms with E-state index in [9.17, 15) is 31.1 Å². The van der Waals surface area contributed by atoms with Crippen molar-refractivity contribution in [1.29, 1.82) is 0 Å². The maximum Gasteiger partial charge on any atom is 0.290 e. The highest BCUT2D eigenvalue weighted by molar-refractivity contribution is 5.82. The quantitative estimate of drug-likeness (QED) is 0.141. The predicted octanol–water partition coefficient (Wildman–Crippen LogP) is 9.63. The molecule has 276 valence electrons. The molecule has 5 heterocycles. The average molecular weight is 749 g/mol. The summed E-state index contributed by atoms with van der Waals surface area (Å²) in [6, 6.07) is 11.9. The second kappa shape index (κ2) is 13.3. The lowest BCUT2D eigenvalue weighted by molar-refractivity contribution is -0.121. The molecule has 54 heavy (non-hydrogen) atoms. The van der Waals surface area contributed by atoms with E-state index in [0.29, 0.717) is 40.5 Å². The highest BCUT2D eigenvalue weighted by Crippen LogP contribution is 2.52. The number of benzene rings is 1. The molecule has 0 bridgehead atoms. The van der Waals surface area contributed by atoms with E-state index < -0.39 is 84.4 Å². The number of nitrogens with one attached hydrogen (secondary N) is 1. The van der Waals surface area contributed by atoms with Crippen LogP contribution in [-0.2, 0) is 36.0 Å². The molecule has 1 atom stereocenters. The SMILES string of the molecule is O=C(C[C@@H](Cc1cc(F)cc(F)c1)c1nc(-c2cnc3[nH]ccc3c2)ccc1-c1cnc2c(c1)C=CC2)Cn1nc(C(F)F)c2c1C(F)(F)CCC2(F)F. The number of H-pyrrole nitrogens is 1. The van der Waals surface area contributed by atoms with Gasteiger partial charge in [0.05, 0.1) is 22.6 Å². The van der Waals surface area contributed by atoms with Gasteiger partial charge < -0.3 is 4.98 Å². The van der Waals surface area contributed by atoms with Gasteiger partial charge in [0.25, 0.3) is 18.3 Å². The molecule has 2 aliphatic carbocycles. The Hall–Kier alpha value is -5.73. The summed E-state index contributed by atoms with van der Waals surface area (Å²) in [6.07, 6.45) is 2.37. The third-order valence-corrected chi connectivity index (χ3v) is 9.79. The van der Waals surface area contributed by atoms with Crippen LogP contribution in [0, 0.1) is 11.6 Å². The van der Waals surface area contributed by atoms with E-state index in [-0.39, 0.29) is 22.4 Å². The van der Waals surface area contributed by atoms with Crippen molar-refractivity contribution in [3.63, 3.8) is 0 Å². The van der Waals surface area contributed by atoms with Gasteiger partial charge in [-0.05, 0) is 53.9 Å². The zero-order valence-electron chi connectivity index (χ0n) is 28.1. The first kappa shape index (κ1) is 35.3. The van der Waals surface area contributed by atoms with E-state index in [2.05, 4.69) is 20.1 Å². The maximum atomic E-state index is 15.2. The summed E-state index contributed by atoms with van der Waals surface area (Å²) in [7, 11) is 0. The van der Waals surface area contributed by atoms with Gasteiger partial charge in [0.15, 0.2) is 5.78 Å². The lowest BCUT2D eigenvalue weighted by Gasteiger charge is -2.29. The summed E-state index contributed by atoms with van der Waals surface area (Å²) in [5, 5.41) is 4.21. The molecule has 0 radical (unpaired) electrons. The molecule has 0 fully saturated rings. The Balaban J connectivity index is 1.25. The number of ketones is 1. The number of pyridine rings is 3. The molecular formula is C39H28F8N6O. The number of rotatable bonds is 10. The molecule has 0 aliphatic heterocycles. The number of Topliss-reactive ketones (excluding diaryl/α,β-unsaturated/α-hetero) is 1. The van der Waals surface area contributed by atoms with Crippen LogP contribution in [0.25, 0.3) is 39.5 Å². The second-order valence-electron chi connectivity index (χ2n) is 13.5. The number of halogens is 8. The van der Waals surface area contributed by atoms with Crippen LogP contribution in [0.5, 0.6) is 0 Å². The Labute approximate surface area is 301 Å². The van der Waals surface area contributed by atoms with E-state index >= 15 is 8.78 Å². The number of aromatic nitrogens is 6. The van der Waals surface area contributed by atoms with Crippen molar-refractivity contribution in [2.75, 3.05) is 0 Å². The van der Waals surface area contributed by atoms with Gasteiger partial charge >= 0.3 is 0 Å². The van der Waals surface area contributed by atoms with Crippen LogP contribution >= 0.6 is 0 Å². The smallest absolute Gasteiger partial charge is 0.290 e. The number of fused-ring (bicyclic) bond motifs is 3. The summed E-state index contributed by atoms with van der Waals surface area (Å²) < 4.78 is 117. The zero-order valence-corrected chi connectivity index (χ0v) is 28.1. The maximum absolute atomic E-state index is 15.2. The van der Waals surface area contributed by atoms with E-state index in [1.54, 1.807) is 30.7 Å². The first-order valence-electron chi connectivity index (χ1n) is 17.0. The van der Waals surface area contributed by atoms with Gasteiger partial charge in [0.1, 0.15) is 35.2 Å². The lowest BCUT2D eigenvalue weighted by Crippen LogP contribution is -2.33. The lowest BCUT2D eigenvalue weighted by atomic mass is 9.86. The number of hydrogen-bond acceptors (Lipinski definition) is 5. The highest BCUT2D eigenvalue weighted by atomic mass is 19.3. The van der Waals surface area contributed by atoms with E-state index in [0.717, 1.165) is 28.8 Å². The zero-order chi connectivity index (χ0) is 37.9. The van der Waals surface area contributed by atoms with E-state index in [1.807, 2.05) is 30.4 Å². The fourth-order valence-electron chi connectivity index (χ4n) is 7.36. The molecule has 0 saturated heterocycles. The molecule has 0 spiro atoms. The van der Waals surface area contributed by atoms with Crippen molar-refractivity contribution >= 4 is 22.9 Å². The standard InChI is InChI=1S/C39H28F8N6O/c40-26-11-20(12-27(41)16-26)10-23(15-28(54)19-53-35-32(34(52-53)36(42)43)38(44,45)7-8-39(35,46)47)33-29(24-13-21-2-1-3-30(21)49-17-24)4-5-31(51-33)25-14-22-6-9-48-37(22)50-18-25/h1-2,4-6,9,11-14,16-18,23,36H,3,7-8,10,15,19H2,(H,48,50)/t23-/m1/s1. The largest absolute Gasteiger partial charge is 0.346 e. The summed E-state index contributed by atoms with van der Waals surface area (Å²) in [6.45, 7) is -1.05. The number of carbonyl (C=O) groups excluding carboxylic acids is 1. The molecule has 8 rings (SSSR count). The molecule has 1 N–H and O–H groups in total. The van der Waals surface area contributed by atoms with Crippen LogP contribution in [0.3, 0.4) is 0 Å². The van der Waals surface area contributed by atoms with Crippen LogP contribution in [0.4, 0.5) is 35.1 Å². The van der Waals surface area contributed by atoms with Gasteiger partial charge in [-0.1, -0.05) is 18.2 Å². The van der Waals surface area contributed by atoms with Crippen LogP contribution in [0.15, 0.2) is 73.2 Å². The average Bonchev–Trinajstić information content (AvgIpc) is 3.88. The van der Waals surface area contributed by atoms with Crippen LogP contribution in [0.1, 0.15) is 71.1 Å². The van der Waals surface area contributed by atoms with Gasteiger partial charge in [-0.15, -0.1) is 0 Å². The fraction of sp³-hybridized carbons (Fsp3) is 0.256. The van der Waals surface area contributed by atoms with Crippen LogP contribution in [0.2, 0.25) is 0 Å². The molecular weight excluding hydrogens is 720 g/mol. The van der Waals surface area contributed by atoms with Crippen molar-refractivity contribution in [3.05, 3.63) is 124 Å². The van der Waals surface area contributed by atoms with Crippen LogP contribution < -0.4 is 0 Å². The third kappa shape index (κ3) is 6.56. The summed E-state index contributed by atoms with van der Waals surface area (Å²) in [5.74, 6) is -11.6. The summed E-state index contributed by atoms with van der Waals surface area (Å²) in [4.78, 5) is 30.9. The summed E-state index contributed by atoms with van der Waals surface area (Å²) in [5.41, 5.74) is 0.319. The molecule has 0 saturated carbocycles. The van der Waals surface area contributed by atoms with Crippen molar-refractivity contribution < 1.29 is 39.9 Å². The Kier molecular flexibility index (Phi) is 8.69. The number of alkyl halides is 6. The molecule has 5 aromatic heterocycles. The van der Waals surface area contributed by atoms with E-state index in [4.69, 9.17) is 4.98 Å². The molecule has 6 aromatic rings. The van der Waals surface area contributed by atoms with E-state index in [1.165, 1.54) is 0 Å². The monoisotopic (exact) mass is 748 g/mol. The Morgan fingerprint density at radius 3 is 2.43 bits per heavy atom. The van der Waals surface area contributed by atoms with Crippen molar-refractivity contribution in [2.45, 2.75) is 62.8 Å². The normalized spacial score (nSPS) is 16.2. The molecule has 15 heteroatoms. The van der Waals surface area contributed by atoms with Crippen LogP contribution in [-0.4, -0.2) is 35.5 Å². The molecule has 7 nitrogen and oxygen atoms in total. The minimum absolute atomic E-state index is 0.136. The predicted molar refractivity (Wildman–Crippen MR) is 182 cm³/mol. The highest BCUT2D eigenvalue weighted by Gasteiger charge is 2.55. The Morgan fingerprint density at radius 1 is 0.889 bits per heavy atom. The van der Waals surface area contributed by atoms with Gasteiger partial charge in [0, 0.05) is 78.3 Å². The number of hydrogen-bond donors (Lipinski definition) is 1. The van der Waals surface area contributed by atoms with Crippen molar-refractivity contribution in [1.82, 2.24) is 29.7 Å². The van der Waals surface area contributed by atoms with Gasteiger partial charge in [-0.3, -0.25) is 19.4 Å². The Bertz CT molecular complexity index is 2450. The van der Waals surface area contributed by atoms with Crippen molar-refractivity contribution in [3.8, 4) is 22.4 Å². The second-order valence-corrected chi connectivity index (χ2v) is 13.5. The minimum atomic E-state index is -4.02. The number of allylic oxidation sites excluding steroid dienone is 1.